The number of hydrogen-bond donors (Lipinski definition) is 3. The number of hydrogen-bond acceptors (Lipinski definition) is 8. The molecule has 4 amide bonds. The number of aliphatic hydroxyl groups is 1. The van der Waals surface area contributed by atoms with Crippen molar-refractivity contribution >= 4 is 41.1 Å². The van der Waals surface area contributed by atoms with E-state index in [2.05, 4.69) is 57.4 Å². The van der Waals surface area contributed by atoms with Crippen molar-refractivity contribution in [2.24, 2.45) is 33.0 Å². The lowest BCUT2D eigenvalue weighted by Gasteiger charge is -2.70. The van der Waals surface area contributed by atoms with E-state index in [0.717, 1.165) is 101 Å². The summed E-state index contributed by atoms with van der Waals surface area (Å²) in [6, 6.07) is 4.53. The van der Waals surface area contributed by atoms with Gasteiger partial charge in [0, 0.05) is 47.2 Å². The van der Waals surface area contributed by atoms with Gasteiger partial charge >= 0.3 is 5.97 Å². The van der Waals surface area contributed by atoms with Crippen molar-refractivity contribution in [1.82, 2.24) is 10.2 Å². The minimum atomic E-state index is -0.702. The maximum Gasteiger partial charge on any atom is 0.311 e. The van der Waals surface area contributed by atoms with E-state index in [1.807, 2.05) is 6.92 Å². The molecule has 1 saturated heterocycles. The summed E-state index contributed by atoms with van der Waals surface area (Å²) < 4.78 is 6.06. The van der Waals surface area contributed by atoms with Crippen molar-refractivity contribution in [2.45, 2.75) is 163 Å². The average molecular weight is 862 g/mol. The first-order valence-electron chi connectivity index (χ1n) is 23.7. The molecule has 338 valence electrons. The van der Waals surface area contributed by atoms with E-state index in [1.54, 1.807) is 24.3 Å². The summed E-state index contributed by atoms with van der Waals surface area (Å²) in [4.78, 5) is 78.4. The molecular weight excluding hydrogens is 795 g/mol. The van der Waals surface area contributed by atoms with Crippen LogP contribution in [0.3, 0.4) is 0 Å². The van der Waals surface area contributed by atoms with Crippen LogP contribution < -0.4 is 10.6 Å². The number of anilines is 1. The average Bonchev–Trinajstić information content (AvgIpc) is 3.58. The number of ketones is 1. The number of fused-ring (bicyclic) bond motifs is 8. The van der Waals surface area contributed by atoms with Crippen molar-refractivity contribution in [3.8, 4) is 0 Å². The van der Waals surface area contributed by atoms with Gasteiger partial charge in [-0.2, -0.15) is 0 Å². The number of aliphatic hydroxyl groups excluding tert-OH is 1. The zero-order valence-corrected chi connectivity index (χ0v) is 38.3. The molecule has 0 spiro atoms. The minimum absolute atomic E-state index is 0.0261. The van der Waals surface area contributed by atoms with Crippen LogP contribution in [-0.4, -0.2) is 58.0 Å². The van der Waals surface area contributed by atoms with Crippen molar-refractivity contribution in [2.75, 3.05) is 11.9 Å². The van der Waals surface area contributed by atoms with Gasteiger partial charge in [-0.15, -0.1) is 0 Å². The Balaban J connectivity index is 0.766. The molecule has 5 aliphatic carbocycles. The lowest BCUT2D eigenvalue weighted by molar-refractivity contribution is -0.182. The summed E-state index contributed by atoms with van der Waals surface area (Å²) >= 11 is 0. The summed E-state index contributed by atoms with van der Waals surface area (Å²) in [5.41, 5.74) is 5.07. The number of esters is 1. The van der Waals surface area contributed by atoms with Crippen LogP contribution in [0.5, 0.6) is 0 Å². The molecule has 11 nitrogen and oxygen atoms in total. The number of benzene rings is 1. The molecular formula is C52H67N3O8. The SMILES string of the molecule is CC1=C(O)C(=O)C=C2C1=CC=C1[C@@]2(C)CC[C@@]2(C)[C@@H]3C[C@](C)(C(=O)OCCCCCCCCCC(=O)Nc4cccc5c4CN(C4CCC(=O)NC4=O)C5=O)CC[C@]3(C)CC[C@]12C. The van der Waals surface area contributed by atoms with Crippen LogP contribution in [0.1, 0.15) is 167 Å². The number of rotatable bonds is 13. The Morgan fingerprint density at radius 2 is 1.60 bits per heavy atom. The van der Waals surface area contributed by atoms with E-state index in [4.69, 9.17) is 4.74 Å². The molecule has 2 heterocycles. The van der Waals surface area contributed by atoms with Crippen molar-refractivity contribution in [3.63, 3.8) is 0 Å². The minimum Gasteiger partial charge on any atom is -0.504 e. The number of nitrogens with one attached hydrogen (secondary N) is 2. The molecule has 1 aromatic rings. The largest absolute Gasteiger partial charge is 0.504 e. The summed E-state index contributed by atoms with van der Waals surface area (Å²) in [5, 5.41) is 15.8. The molecule has 4 fully saturated rings. The molecule has 3 saturated carbocycles. The summed E-state index contributed by atoms with van der Waals surface area (Å²) in [6.07, 6.45) is 20.4. The van der Waals surface area contributed by atoms with Gasteiger partial charge in [-0.3, -0.25) is 34.1 Å². The Labute approximate surface area is 372 Å². The summed E-state index contributed by atoms with van der Waals surface area (Å²) in [7, 11) is 0. The van der Waals surface area contributed by atoms with E-state index in [0.29, 0.717) is 41.3 Å². The highest BCUT2D eigenvalue weighted by atomic mass is 16.5. The van der Waals surface area contributed by atoms with Crippen LogP contribution in [-0.2, 0) is 35.3 Å². The second-order valence-electron chi connectivity index (χ2n) is 21.3. The van der Waals surface area contributed by atoms with Gasteiger partial charge in [0.15, 0.2) is 5.76 Å². The third kappa shape index (κ3) is 7.62. The Morgan fingerprint density at radius 3 is 2.35 bits per heavy atom. The Hall–Kier alpha value is -4.80. The molecule has 3 N–H and O–H groups in total. The standard InChI is InChI=1S/C52H67N3O8/c1-32-33-18-20-40-50(4,36(33)29-39(56)44(32)59)25-27-52(6)41-30-49(3,23-22-48(41,2)24-26-51(40,52)5)47(62)63-28-13-11-9-7-8-10-12-17-42(57)53-37-16-14-15-34-35(37)31-55(46(34)61)38-19-21-43(58)54-45(38)60/h14-16,18,20,29,38,41,59H,7-13,17,19,21-28,30-31H2,1-6H3,(H,53,57)(H,54,58,60)/t38?,41-,48-,49-,50+,51-,52+/m1/s1. The number of ether oxygens (including phenoxy) is 1. The number of nitrogens with zero attached hydrogens (tertiary/aromatic N) is 1. The first-order chi connectivity index (χ1) is 29.8. The fourth-order valence-electron chi connectivity index (χ4n) is 13.2. The molecule has 8 rings (SSSR count). The van der Waals surface area contributed by atoms with Crippen LogP contribution in [0.2, 0.25) is 0 Å². The number of piperidine rings is 1. The molecule has 2 aliphatic heterocycles. The van der Waals surface area contributed by atoms with Crippen LogP contribution in [0.4, 0.5) is 5.69 Å². The van der Waals surface area contributed by atoms with E-state index in [-0.39, 0.29) is 76.3 Å². The molecule has 0 radical (unpaired) electrons. The number of unbranched alkanes of at least 4 members (excludes halogenated alkanes) is 6. The maximum absolute atomic E-state index is 13.9. The number of carbonyl (C=O) groups is 6. The van der Waals surface area contributed by atoms with Gasteiger partial charge in [-0.25, -0.2) is 0 Å². The topological polar surface area (TPSA) is 159 Å². The number of amides is 4. The lowest BCUT2D eigenvalue weighted by atomic mass is 9.34. The molecule has 1 aromatic carbocycles. The maximum atomic E-state index is 13.9. The van der Waals surface area contributed by atoms with Gasteiger partial charge in [0.05, 0.1) is 12.0 Å². The van der Waals surface area contributed by atoms with Gasteiger partial charge in [0.25, 0.3) is 5.91 Å². The zero-order chi connectivity index (χ0) is 45.1. The number of allylic oxidation sites excluding steroid dienone is 7. The number of imide groups is 1. The second kappa shape index (κ2) is 16.6. The lowest BCUT2D eigenvalue weighted by Crippen LogP contribution is -2.62. The van der Waals surface area contributed by atoms with Crippen LogP contribution in [0.15, 0.2) is 64.5 Å². The third-order valence-electron chi connectivity index (χ3n) is 17.5. The predicted molar refractivity (Wildman–Crippen MR) is 240 cm³/mol. The summed E-state index contributed by atoms with van der Waals surface area (Å²) in [5.74, 6) is -1.31. The van der Waals surface area contributed by atoms with E-state index >= 15 is 0 Å². The van der Waals surface area contributed by atoms with E-state index < -0.39 is 17.4 Å². The molecule has 7 atom stereocenters. The van der Waals surface area contributed by atoms with Crippen LogP contribution >= 0.6 is 0 Å². The quantitative estimate of drug-likeness (QED) is 0.100. The molecule has 0 aromatic heterocycles. The molecule has 1 unspecified atom stereocenters. The Kier molecular flexibility index (Phi) is 11.8. The highest BCUT2D eigenvalue weighted by molar-refractivity contribution is 6.07. The highest BCUT2D eigenvalue weighted by Crippen LogP contribution is 2.75. The molecule has 0 bridgehead atoms. The van der Waals surface area contributed by atoms with Gasteiger partial charge in [0.1, 0.15) is 6.04 Å². The molecule has 63 heavy (non-hydrogen) atoms. The smallest absolute Gasteiger partial charge is 0.311 e. The fraction of sp³-hybridized carbons (Fsp3) is 0.615. The third-order valence-corrected chi connectivity index (χ3v) is 17.5. The normalized spacial score (nSPS) is 33.5. The molecule has 11 heteroatoms. The van der Waals surface area contributed by atoms with Crippen LogP contribution in [0.25, 0.3) is 0 Å². The van der Waals surface area contributed by atoms with Gasteiger partial charge in [0.2, 0.25) is 23.5 Å². The van der Waals surface area contributed by atoms with Gasteiger partial charge in [-0.05, 0) is 130 Å². The van der Waals surface area contributed by atoms with E-state index in [9.17, 15) is 33.9 Å². The van der Waals surface area contributed by atoms with E-state index in [1.165, 1.54) is 10.5 Å². The van der Waals surface area contributed by atoms with Gasteiger partial charge < -0.3 is 20.1 Å². The van der Waals surface area contributed by atoms with Crippen molar-refractivity contribution in [1.29, 1.82) is 0 Å². The fourth-order valence-corrected chi connectivity index (χ4v) is 13.2. The molecule has 7 aliphatic rings. The first-order valence-corrected chi connectivity index (χ1v) is 23.7. The summed E-state index contributed by atoms with van der Waals surface area (Å²) in [6.45, 7) is 14.3. The number of carbonyl (C=O) groups excluding carboxylic acids is 6. The first kappa shape index (κ1) is 44.8. The monoisotopic (exact) mass is 861 g/mol. The second-order valence-corrected chi connectivity index (χ2v) is 21.3. The Morgan fingerprint density at radius 1 is 0.889 bits per heavy atom. The van der Waals surface area contributed by atoms with Crippen molar-refractivity contribution in [3.05, 3.63) is 75.6 Å². The zero-order valence-electron chi connectivity index (χ0n) is 38.3. The van der Waals surface area contributed by atoms with Crippen molar-refractivity contribution < 1.29 is 38.6 Å². The Bertz CT molecular complexity index is 2270. The van der Waals surface area contributed by atoms with Gasteiger partial charge in [-0.1, -0.05) is 83.6 Å². The van der Waals surface area contributed by atoms with Crippen LogP contribution in [0, 0.1) is 33.0 Å². The predicted octanol–water partition coefficient (Wildman–Crippen LogP) is 9.68. The highest BCUT2D eigenvalue weighted by Gasteiger charge is 2.67.